The minimum atomic E-state index is -3.26. The third-order valence-electron chi connectivity index (χ3n) is 4.71. The molecular formula is C18H38N4O3S. The van der Waals surface area contributed by atoms with Gasteiger partial charge in [0, 0.05) is 31.8 Å². The molecule has 1 aliphatic rings. The Balaban J connectivity index is 2.67. The van der Waals surface area contributed by atoms with Crippen LogP contribution in [0.25, 0.3) is 0 Å². The van der Waals surface area contributed by atoms with Crippen molar-refractivity contribution < 1.29 is 13.2 Å². The van der Waals surface area contributed by atoms with Gasteiger partial charge < -0.3 is 15.4 Å². The fraction of sp³-hybridized carbons (Fsp3) is 0.944. The maximum absolute atomic E-state index is 11.5. The highest BCUT2D eigenvalue weighted by molar-refractivity contribution is 7.88. The SMILES string of the molecule is CCNC(=NCC(C)(C)NS(C)(=O)=O)NCC1(CCOCC)CCCC1. The summed E-state index contributed by atoms with van der Waals surface area (Å²) >= 11 is 0. The molecule has 154 valence electrons. The van der Waals surface area contributed by atoms with E-state index in [9.17, 15) is 8.42 Å². The first-order chi connectivity index (χ1) is 12.1. The average molecular weight is 391 g/mol. The molecule has 7 nitrogen and oxygen atoms in total. The molecule has 1 saturated carbocycles. The molecule has 8 heteroatoms. The third-order valence-corrected chi connectivity index (χ3v) is 5.64. The lowest BCUT2D eigenvalue weighted by molar-refractivity contribution is 0.105. The predicted molar refractivity (Wildman–Crippen MR) is 108 cm³/mol. The van der Waals surface area contributed by atoms with Gasteiger partial charge in [0.2, 0.25) is 10.0 Å². The van der Waals surface area contributed by atoms with E-state index in [2.05, 4.69) is 20.3 Å². The molecule has 1 rings (SSSR count). The van der Waals surface area contributed by atoms with Crippen molar-refractivity contribution in [1.29, 1.82) is 0 Å². The fourth-order valence-electron chi connectivity index (χ4n) is 3.50. The van der Waals surface area contributed by atoms with Gasteiger partial charge in [-0.3, -0.25) is 4.99 Å². The zero-order valence-electron chi connectivity index (χ0n) is 17.2. The van der Waals surface area contributed by atoms with Crippen molar-refractivity contribution in [3.05, 3.63) is 0 Å². The summed E-state index contributed by atoms with van der Waals surface area (Å²) < 4.78 is 31.2. The highest BCUT2D eigenvalue weighted by atomic mass is 32.2. The number of hydrogen-bond acceptors (Lipinski definition) is 4. The molecule has 0 aromatic rings. The molecule has 0 aromatic heterocycles. The van der Waals surface area contributed by atoms with Crippen LogP contribution < -0.4 is 15.4 Å². The molecule has 26 heavy (non-hydrogen) atoms. The smallest absolute Gasteiger partial charge is 0.209 e. The van der Waals surface area contributed by atoms with Crippen molar-refractivity contribution in [2.24, 2.45) is 10.4 Å². The molecule has 0 amide bonds. The number of nitrogens with zero attached hydrogens (tertiary/aromatic N) is 1. The lowest BCUT2D eigenvalue weighted by atomic mass is 9.83. The molecule has 3 N–H and O–H groups in total. The van der Waals surface area contributed by atoms with E-state index in [1.807, 2.05) is 27.7 Å². The maximum Gasteiger partial charge on any atom is 0.209 e. The van der Waals surface area contributed by atoms with E-state index < -0.39 is 15.6 Å². The number of hydrogen-bond donors (Lipinski definition) is 3. The van der Waals surface area contributed by atoms with Crippen molar-refractivity contribution in [2.45, 2.75) is 65.3 Å². The van der Waals surface area contributed by atoms with Crippen LogP contribution in [0.5, 0.6) is 0 Å². The molecule has 1 aliphatic carbocycles. The van der Waals surface area contributed by atoms with Crippen molar-refractivity contribution in [2.75, 3.05) is 39.1 Å². The van der Waals surface area contributed by atoms with Crippen molar-refractivity contribution in [3.63, 3.8) is 0 Å². The van der Waals surface area contributed by atoms with Crippen LogP contribution in [0.2, 0.25) is 0 Å². The zero-order chi connectivity index (χ0) is 19.7. The first-order valence-electron chi connectivity index (χ1n) is 9.70. The number of guanidine groups is 1. The van der Waals surface area contributed by atoms with E-state index in [4.69, 9.17) is 4.74 Å². The van der Waals surface area contributed by atoms with Crippen LogP contribution in [0, 0.1) is 5.41 Å². The number of sulfonamides is 1. The highest BCUT2D eigenvalue weighted by Gasteiger charge is 2.33. The first kappa shape index (κ1) is 23.2. The molecule has 0 radical (unpaired) electrons. The number of ether oxygens (including phenoxy) is 1. The monoisotopic (exact) mass is 390 g/mol. The Morgan fingerprint density at radius 2 is 1.85 bits per heavy atom. The standard InChI is InChI=1S/C18H38N4O3S/c1-6-19-16(20-14-17(3,4)22-26(5,23)24)21-15-18(10-8-9-11-18)12-13-25-7-2/h22H,6-15H2,1-5H3,(H2,19,20,21). The van der Waals surface area contributed by atoms with Crippen LogP contribution in [0.4, 0.5) is 0 Å². The van der Waals surface area contributed by atoms with Gasteiger partial charge in [-0.1, -0.05) is 12.8 Å². The molecule has 0 spiro atoms. The van der Waals surface area contributed by atoms with Gasteiger partial charge in [-0.05, 0) is 52.4 Å². The molecule has 0 bridgehead atoms. The van der Waals surface area contributed by atoms with Crippen LogP contribution in [0.3, 0.4) is 0 Å². The van der Waals surface area contributed by atoms with Crippen LogP contribution in [0.1, 0.15) is 59.8 Å². The Kier molecular flexibility index (Phi) is 9.33. The molecule has 0 unspecified atom stereocenters. The summed E-state index contributed by atoms with van der Waals surface area (Å²) in [4.78, 5) is 4.59. The Labute approximate surface area is 159 Å². The largest absolute Gasteiger partial charge is 0.382 e. The second-order valence-electron chi connectivity index (χ2n) is 7.96. The molecule has 0 aromatic carbocycles. The second-order valence-corrected chi connectivity index (χ2v) is 9.71. The van der Waals surface area contributed by atoms with E-state index in [0.717, 1.165) is 38.7 Å². The Bertz CT molecular complexity index is 541. The Morgan fingerprint density at radius 3 is 2.38 bits per heavy atom. The number of nitrogens with one attached hydrogen (secondary N) is 3. The molecule has 0 saturated heterocycles. The summed E-state index contributed by atoms with van der Waals surface area (Å²) in [6, 6.07) is 0. The lowest BCUT2D eigenvalue weighted by Gasteiger charge is -2.30. The molecular weight excluding hydrogens is 352 g/mol. The van der Waals surface area contributed by atoms with Gasteiger partial charge in [0.1, 0.15) is 0 Å². The van der Waals surface area contributed by atoms with Gasteiger partial charge in [-0.15, -0.1) is 0 Å². The summed E-state index contributed by atoms with van der Waals surface area (Å²) in [5, 5.41) is 6.73. The molecule has 0 atom stereocenters. The zero-order valence-corrected chi connectivity index (χ0v) is 18.0. The normalized spacial score (nSPS) is 18.1. The topological polar surface area (TPSA) is 91.8 Å². The van der Waals surface area contributed by atoms with Crippen LogP contribution in [-0.2, 0) is 14.8 Å². The third kappa shape index (κ3) is 9.19. The summed E-state index contributed by atoms with van der Waals surface area (Å²) in [5.74, 6) is 0.735. The highest BCUT2D eigenvalue weighted by Crippen LogP contribution is 2.40. The molecule has 0 aliphatic heterocycles. The minimum absolute atomic E-state index is 0.270. The minimum Gasteiger partial charge on any atom is -0.382 e. The summed E-state index contributed by atoms with van der Waals surface area (Å²) in [5.41, 5.74) is -0.359. The van der Waals surface area contributed by atoms with Crippen molar-refractivity contribution in [3.8, 4) is 0 Å². The van der Waals surface area contributed by atoms with E-state index in [0.29, 0.717) is 6.54 Å². The van der Waals surface area contributed by atoms with Crippen LogP contribution in [0.15, 0.2) is 4.99 Å². The van der Waals surface area contributed by atoms with Gasteiger partial charge in [-0.25, -0.2) is 13.1 Å². The van der Waals surface area contributed by atoms with E-state index in [1.54, 1.807) is 0 Å². The first-order valence-corrected chi connectivity index (χ1v) is 11.6. The van der Waals surface area contributed by atoms with E-state index in [1.165, 1.54) is 31.9 Å². The van der Waals surface area contributed by atoms with Gasteiger partial charge in [-0.2, -0.15) is 0 Å². The molecule has 0 heterocycles. The lowest BCUT2D eigenvalue weighted by Crippen LogP contribution is -2.47. The van der Waals surface area contributed by atoms with Gasteiger partial charge in [0.25, 0.3) is 0 Å². The Morgan fingerprint density at radius 1 is 1.19 bits per heavy atom. The summed E-state index contributed by atoms with van der Waals surface area (Å²) in [7, 11) is -3.26. The maximum atomic E-state index is 11.5. The average Bonchev–Trinajstić information content (AvgIpc) is 2.97. The van der Waals surface area contributed by atoms with Gasteiger partial charge >= 0.3 is 0 Å². The molecule has 1 fully saturated rings. The van der Waals surface area contributed by atoms with E-state index >= 15 is 0 Å². The van der Waals surface area contributed by atoms with Crippen molar-refractivity contribution >= 4 is 16.0 Å². The summed E-state index contributed by atoms with van der Waals surface area (Å²) in [6.07, 6.45) is 7.21. The van der Waals surface area contributed by atoms with E-state index in [-0.39, 0.29) is 5.41 Å². The summed E-state index contributed by atoms with van der Waals surface area (Å²) in [6.45, 7) is 11.3. The Hall–Kier alpha value is -0.860. The van der Waals surface area contributed by atoms with Gasteiger partial charge in [0.05, 0.1) is 12.8 Å². The van der Waals surface area contributed by atoms with Gasteiger partial charge in [0.15, 0.2) is 5.96 Å². The van der Waals surface area contributed by atoms with Crippen LogP contribution in [-0.4, -0.2) is 59.0 Å². The predicted octanol–water partition coefficient (Wildman–Crippen LogP) is 1.86. The number of aliphatic imine (C=N–C) groups is 1. The fourth-order valence-corrected chi connectivity index (χ4v) is 4.57. The van der Waals surface area contributed by atoms with Crippen molar-refractivity contribution in [1.82, 2.24) is 15.4 Å². The quantitative estimate of drug-likeness (QED) is 0.284. The number of rotatable bonds is 11. The second kappa shape index (κ2) is 10.5. The van der Waals surface area contributed by atoms with Crippen LogP contribution >= 0.6 is 0 Å².